The van der Waals surface area contributed by atoms with E-state index in [0.717, 1.165) is 15.7 Å². The van der Waals surface area contributed by atoms with Crippen LogP contribution in [-0.4, -0.2) is 17.1 Å². The smallest absolute Gasteiger partial charge is 0.137 e. The van der Waals surface area contributed by atoms with E-state index in [9.17, 15) is 0 Å². The van der Waals surface area contributed by atoms with Crippen molar-refractivity contribution in [1.29, 1.82) is 0 Å². The molecule has 3 N–H and O–H groups in total. The lowest BCUT2D eigenvalue weighted by atomic mass is 10.1. The van der Waals surface area contributed by atoms with Gasteiger partial charge in [-0.05, 0) is 39.7 Å². The zero-order valence-corrected chi connectivity index (χ0v) is 11.4. The lowest BCUT2D eigenvalue weighted by Gasteiger charge is -2.17. The summed E-state index contributed by atoms with van der Waals surface area (Å²) < 4.78 is 6.04. The van der Waals surface area contributed by atoms with Gasteiger partial charge in [0.2, 0.25) is 0 Å². The fraction of sp³-hybridized carbons (Fsp3) is 0.167. The molecule has 0 aliphatic heterocycles. The molecule has 94 valence electrons. The predicted molar refractivity (Wildman–Crippen MR) is 71.9 cm³/mol. The maximum absolute atomic E-state index is 5.62. The standard InChI is InChI=1S/C12H13BrN4O/c1-18-9-5-8(6-15-7-9)11(17-14)12-10(13)3-2-4-16-12/h2-7,11,17H,14H2,1H3. The molecule has 1 unspecified atom stereocenters. The Labute approximate surface area is 113 Å². The number of rotatable bonds is 4. The van der Waals surface area contributed by atoms with Crippen LogP contribution in [-0.2, 0) is 0 Å². The van der Waals surface area contributed by atoms with Crippen LogP contribution in [0.1, 0.15) is 17.3 Å². The van der Waals surface area contributed by atoms with E-state index >= 15 is 0 Å². The monoisotopic (exact) mass is 308 g/mol. The third-order valence-corrected chi connectivity index (χ3v) is 3.20. The van der Waals surface area contributed by atoms with Gasteiger partial charge in [-0.3, -0.25) is 15.8 Å². The van der Waals surface area contributed by atoms with E-state index in [4.69, 9.17) is 10.6 Å². The first kappa shape index (κ1) is 12.9. The fourth-order valence-electron chi connectivity index (χ4n) is 1.65. The minimum atomic E-state index is -0.247. The number of nitrogens with zero attached hydrogens (tertiary/aromatic N) is 2. The van der Waals surface area contributed by atoms with Gasteiger partial charge in [0, 0.05) is 16.9 Å². The Morgan fingerprint density at radius 3 is 2.94 bits per heavy atom. The summed E-state index contributed by atoms with van der Waals surface area (Å²) in [5.41, 5.74) is 4.43. The second kappa shape index (κ2) is 5.90. The van der Waals surface area contributed by atoms with E-state index in [1.807, 2.05) is 18.2 Å². The number of nitrogens with one attached hydrogen (secondary N) is 1. The van der Waals surface area contributed by atoms with Gasteiger partial charge in [0.1, 0.15) is 5.75 Å². The lowest BCUT2D eigenvalue weighted by molar-refractivity contribution is 0.411. The average molecular weight is 309 g/mol. The summed E-state index contributed by atoms with van der Waals surface area (Å²) >= 11 is 3.46. The molecule has 0 aliphatic carbocycles. The fourth-order valence-corrected chi connectivity index (χ4v) is 2.13. The number of hydrogen-bond donors (Lipinski definition) is 2. The molecule has 5 nitrogen and oxygen atoms in total. The summed E-state index contributed by atoms with van der Waals surface area (Å²) in [6, 6.07) is 5.40. The Bertz CT molecular complexity index is 535. The number of aromatic nitrogens is 2. The second-order valence-corrected chi connectivity index (χ2v) is 4.48. The van der Waals surface area contributed by atoms with Gasteiger partial charge in [-0.25, -0.2) is 5.43 Å². The van der Waals surface area contributed by atoms with E-state index < -0.39 is 0 Å². The van der Waals surface area contributed by atoms with Crippen molar-refractivity contribution >= 4 is 15.9 Å². The first-order valence-corrected chi connectivity index (χ1v) is 6.11. The van der Waals surface area contributed by atoms with E-state index in [1.165, 1.54) is 0 Å². The van der Waals surface area contributed by atoms with Crippen LogP contribution in [0.4, 0.5) is 0 Å². The van der Waals surface area contributed by atoms with Crippen LogP contribution in [0.2, 0.25) is 0 Å². The summed E-state index contributed by atoms with van der Waals surface area (Å²) in [5, 5.41) is 0. The molecule has 0 saturated heterocycles. The Morgan fingerprint density at radius 2 is 2.28 bits per heavy atom. The van der Waals surface area contributed by atoms with Gasteiger partial charge < -0.3 is 4.74 Å². The van der Waals surface area contributed by atoms with Crippen LogP contribution in [0.5, 0.6) is 5.75 Å². The van der Waals surface area contributed by atoms with Crippen molar-refractivity contribution in [3.8, 4) is 5.75 Å². The summed E-state index contributed by atoms with van der Waals surface area (Å²) in [5.74, 6) is 6.30. The number of ether oxygens (including phenoxy) is 1. The molecule has 0 amide bonds. The Balaban J connectivity index is 2.42. The molecule has 2 heterocycles. The normalized spacial score (nSPS) is 12.2. The summed E-state index contributed by atoms with van der Waals surface area (Å²) in [7, 11) is 1.60. The largest absolute Gasteiger partial charge is 0.495 e. The zero-order valence-electron chi connectivity index (χ0n) is 9.80. The van der Waals surface area contributed by atoms with E-state index in [1.54, 1.807) is 25.7 Å². The van der Waals surface area contributed by atoms with Crippen LogP contribution in [0.3, 0.4) is 0 Å². The summed E-state index contributed by atoms with van der Waals surface area (Å²) in [6.45, 7) is 0. The molecule has 1 atom stereocenters. The number of hydrazine groups is 1. The van der Waals surface area contributed by atoms with Crippen molar-refractivity contribution in [1.82, 2.24) is 15.4 Å². The highest BCUT2D eigenvalue weighted by Gasteiger charge is 2.17. The van der Waals surface area contributed by atoms with Crippen LogP contribution in [0.25, 0.3) is 0 Å². The van der Waals surface area contributed by atoms with Gasteiger partial charge in [0.05, 0.1) is 25.0 Å². The molecule has 6 heteroatoms. The van der Waals surface area contributed by atoms with Crippen molar-refractivity contribution in [2.24, 2.45) is 5.84 Å². The van der Waals surface area contributed by atoms with Crippen molar-refractivity contribution in [2.75, 3.05) is 7.11 Å². The van der Waals surface area contributed by atoms with E-state index in [-0.39, 0.29) is 6.04 Å². The van der Waals surface area contributed by atoms with Crippen molar-refractivity contribution in [3.05, 3.63) is 52.5 Å². The highest BCUT2D eigenvalue weighted by molar-refractivity contribution is 9.10. The summed E-state index contributed by atoms with van der Waals surface area (Å²) in [4.78, 5) is 8.44. The maximum atomic E-state index is 5.62. The Morgan fingerprint density at radius 1 is 1.44 bits per heavy atom. The predicted octanol–water partition coefficient (Wildman–Crippen LogP) is 1.80. The van der Waals surface area contributed by atoms with Crippen molar-refractivity contribution in [3.63, 3.8) is 0 Å². The molecular formula is C12H13BrN4O. The molecule has 18 heavy (non-hydrogen) atoms. The van der Waals surface area contributed by atoms with Gasteiger partial charge in [-0.2, -0.15) is 0 Å². The molecule has 2 aromatic heterocycles. The highest BCUT2D eigenvalue weighted by atomic mass is 79.9. The number of hydrogen-bond acceptors (Lipinski definition) is 5. The molecule has 0 saturated carbocycles. The molecule has 0 spiro atoms. The van der Waals surface area contributed by atoms with Crippen LogP contribution < -0.4 is 16.0 Å². The van der Waals surface area contributed by atoms with Crippen LogP contribution in [0.15, 0.2) is 41.3 Å². The van der Waals surface area contributed by atoms with Gasteiger partial charge in [0.15, 0.2) is 0 Å². The van der Waals surface area contributed by atoms with Crippen molar-refractivity contribution in [2.45, 2.75) is 6.04 Å². The summed E-state index contributed by atoms with van der Waals surface area (Å²) in [6.07, 6.45) is 5.09. The third kappa shape index (κ3) is 2.66. The molecule has 0 fully saturated rings. The lowest BCUT2D eigenvalue weighted by Crippen LogP contribution is -2.29. The van der Waals surface area contributed by atoms with Gasteiger partial charge in [-0.1, -0.05) is 0 Å². The molecule has 0 radical (unpaired) electrons. The second-order valence-electron chi connectivity index (χ2n) is 3.63. The first-order valence-electron chi connectivity index (χ1n) is 5.31. The quantitative estimate of drug-likeness (QED) is 0.665. The minimum Gasteiger partial charge on any atom is -0.495 e. The SMILES string of the molecule is COc1cncc(C(NN)c2ncccc2Br)c1. The van der Waals surface area contributed by atoms with Gasteiger partial charge in [0.25, 0.3) is 0 Å². The number of pyridine rings is 2. The van der Waals surface area contributed by atoms with E-state index in [0.29, 0.717) is 5.75 Å². The number of nitrogens with two attached hydrogens (primary N) is 1. The first-order chi connectivity index (χ1) is 8.76. The van der Waals surface area contributed by atoms with Gasteiger partial charge >= 0.3 is 0 Å². The number of methoxy groups -OCH3 is 1. The number of halogens is 1. The molecular weight excluding hydrogens is 296 g/mol. The van der Waals surface area contributed by atoms with Crippen LogP contribution >= 0.6 is 15.9 Å². The highest BCUT2D eigenvalue weighted by Crippen LogP contribution is 2.27. The van der Waals surface area contributed by atoms with Gasteiger partial charge in [-0.15, -0.1) is 0 Å². The molecule has 0 aliphatic rings. The third-order valence-electron chi connectivity index (χ3n) is 2.53. The van der Waals surface area contributed by atoms with Crippen LogP contribution in [0, 0.1) is 0 Å². The van der Waals surface area contributed by atoms with E-state index in [2.05, 4.69) is 31.3 Å². The topological polar surface area (TPSA) is 73.1 Å². The Kier molecular flexibility index (Phi) is 4.24. The molecule has 2 rings (SSSR count). The Hall–Kier alpha value is -1.50. The minimum absolute atomic E-state index is 0.247. The average Bonchev–Trinajstić information content (AvgIpc) is 2.42. The molecule has 0 aromatic carbocycles. The zero-order chi connectivity index (χ0) is 13.0. The molecule has 2 aromatic rings. The van der Waals surface area contributed by atoms with Crippen molar-refractivity contribution < 1.29 is 4.74 Å². The molecule has 0 bridgehead atoms. The maximum Gasteiger partial charge on any atom is 0.137 e.